The zero-order valence-electron chi connectivity index (χ0n) is 19.2. The molecule has 0 saturated heterocycles. The quantitative estimate of drug-likeness (QED) is 0.541. The van der Waals surface area contributed by atoms with Gasteiger partial charge in [-0.15, -0.1) is 0 Å². The summed E-state index contributed by atoms with van der Waals surface area (Å²) < 4.78 is 13.9. The van der Waals surface area contributed by atoms with Gasteiger partial charge < -0.3 is 14.8 Å². The third-order valence-corrected chi connectivity index (χ3v) is 6.09. The first-order chi connectivity index (χ1) is 16.2. The van der Waals surface area contributed by atoms with Crippen molar-refractivity contribution in [2.45, 2.75) is 45.0 Å². The highest BCUT2D eigenvalue weighted by Crippen LogP contribution is 2.32. The van der Waals surface area contributed by atoms with Gasteiger partial charge in [0.25, 0.3) is 5.56 Å². The molecule has 178 valence electrons. The Morgan fingerprint density at radius 3 is 2.35 bits per heavy atom. The van der Waals surface area contributed by atoms with Crippen molar-refractivity contribution in [3.63, 3.8) is 0 Å². The first kappa shape index (κ1) is 23.8. The van der Waals surface area contributed by atoms with E-state index in [1.165, 1.54) is 4.57 Å². The minimum Gasteiger partial charge on any atom is -0.475 e. The predicted octanol–water partition coefficient (Wildman–Crippen LogP) is 4.02. The lowest BCUT2D eigenvalue weighted by atomic mass is 10.1. The van der Waals surface area contributed by atoms with Crippen LogP contribution in [0.25, 0.3) is 0 Å². The molecular weight excluding hydrogens is 502 g/mol. The Morgan fingerprint density at radius 1 is 1.12 bits per heavy atom. The summed E-state index contributed by atoms with van der Waals surface area (Å²) in [5, 5.41) is 2.81. The van der Waals surface area contributed by atoms with Crippen molar-refractivity contribution in [3.05, 3.63) is 97.1 Å². The second-order valence-electron chi connectivity index (χ2n) is 9.03. The van der Waals surface area contributed by atoms with E-state index in [0.717, 1.165) is 15.7 Å². The van der Waals surface area contributed by atoms with Gasteiger partial charge >= 0.3 is 11.8 Å². The molecule has 0 saturated carbocycles. The van der Waals surface area contributed by atoms with Gasteiger partial charge in [-0.25, -0.2) is 9.59 Å². The fourth-order valence-corrected chi connectivity index (χ4v) is 4.41. The molecule has 1 aliphatic rings. The number of amides is 1. The van der Waals surface area contributed by atoms with E-state index in [1.54, 1.807) is 20.8 Å². The highest BCUT2D eigenvalue weighted by atomic mass is 79.9. The van der Waals surface area contributed by atoms with Crippen molar-refractivity contribution in [2.75, 3.05) is 6.61 Å². The van der Waals surface area contributed by atoms with Crippen molar-refractivity contribution in [3.8, 4) is 5.88 Å². The number of carbonyl (C=O) groups is 1. The average molecular weight is 528 g/mol. The first-order valence-corrected chi connectivity index (χ1v) is 11.7. The first-order valence-electron chi connectivity index (χ1n) is 10.9. The largest absolute Gasteiger partial charge is 0.475 e. The number of nitrogens with one attached hydrogen (secondary N) is 1. The van der Waals surface area contributed by atoms with Crippen LogP contribution >= 0.6 is 15.9 Å². The maximum absolute atomic E-state index is 13.6. The number of carbonyl (C=O) groups excluding carboxylic acids is 1. The summed E-state index contributed by atoms with van der Waals surface area (Å²) in [6.45, 7) is 5.45. The molecule has 1 aliphatic heterocycles. The summed E-state index contributed by atoms with van der Waals surface area (Å²) >= 11 is 3.32. The Labute approximate surface area is 205 Å². The maximum Gasteiger partial charge on any atom is 0.408 e. The molecule has 1 amide bonds. The number of fused-ring (bicyclic) bond motifs is 1. The number of ether oxygens (including phenoxy) is 2. The van der Waals surface area contributed by atoms with Crippen LogP contribution in [0.5, 0.6) is 5.88 Å². The molecule has 8 nitrogen and oxygen atoms in total. The molecule has 34 heavy (non-hydrogen) atoms. The van der Waals surface area contributed by atoms with Gasteiger partial charge in [-0.3, -0.25) is 13.9 Å². The van der Waals surface area contributed by atoms with E-state index >= 15 is 0 Å². The number of halogens is 1. The SMILES string of the molecule is CC(C)(C)OC(=O)N[C@@H](Cn1c(=O)c(Br)c2n(c1=O)C(c1ccccc1)CO2)c1ccccc1. The van der Waals surface area contributed by atoms with Crippen LogP contribution in [-0.4, -0.2) is 27.4 Å². The Balaban J connectivity index is 1.75. The van der Waals surface area contributed by atoms with Crippen LogP contribution < -0.4 is 21.3 Å². The second-order valence-corrected chi connectivity index (χ2v) is 9.83. The van der Waals surface area contributed by atoms with Crippen LogP contribution in [0.4, 0.5) is 4.79 Å². The van der Waals surface area contributed by atoms with Crippen molar-refractivity contribution in [2.24, 2.45) is 0 Å². The smallest absolute Gasteiger partial charge is 0.408 e. The van der Waals surface area contributed by atoms with E-state index < -0.39 is 29.0 Å². The van der Waals surface area contributed by atoms with Gasteiger partial charge in [0.15, 0.2) is 0 Å². The zero-order chi connectivity index (χ0) is 24.5. The van der Waals surface area contributed by atoms with E-state index in [2.05, 4.69) is 21.2 Å². The number of rotatable bonds is 5. The number of benzene rings is 2. The van der Waals surface area contributed by atoms with Crippen molar-refractivity contribution >= 4 is 22.0 Å². The maximum atomic E-state index is 13.6. The van der Waals surface area contributed by atoms with Gasteiger partial charge in [-0.05, 0) is 47.8 Å². The van der Waals surface area contributed by atoms with Gasteiger partial charge in [0.2, 0.25) is 5.88 Å². The molecule has 2 heterocycles. The molecule has 0 spiro atoms. The fraction of sp³-hybridized carbons (Fsp3) is 0.320. The topological polar surface area (TPSA) is 91.6 Å². The third kappa shape index (κ3) is 4.94. The Morgan fingerprint density at radius 2 is 1.74 bits per heavy atom. The van der Waals surface area contributed by atoms with Crippen LogP contribution in [0.1, 0.15) is 44.0 Å². The Kier molecular flexibility index (Phi) is 6.65. The molecule has 1 N–H and O–H groups in total. The lowest BCUT2D eigenvalue weighted by Crippen LogP contribution is -2.44. The number of nitrogens with zero attached hydrogens (tertiary/aromatic N) is 2. The van der Waals surface area contributed by atoms with Gasteiger partial charge in [0, 0.05) is 0 Å². The van der Waals surface area contributed by atoms with Gasteiger partial charge in [-0.2, -0.15) is 0 Å². The summed E-state index contributed by atoms with van der Waals surface area (Å²) in [5.41, 5.74) is -0.110. The summed E-state index contributed by atoms with van der Waals surface area (Å²) in [6.07, 6.45) is -0.639. The molecule has 3 aromatic rings. The fourth-order valence-electron chi connectivity index (χ4n) is 3.89. The Bertz CT molecular complexity index is 1300. The second kappa shape index (κ2) is 9.50. The third-order valence-electron chi connectivity index (χ3n) is 5.41. The van der Waals surface area contributed by atoms with E-state index in [4.69, 9.17) is 9.47 Å². The van der Waals surface area contributed by atoms with Crippen LogP contribution in [0, 0.1) is 0 Å². The normalized spacial score (nSPS) is 15.8. The zero-order valence-corrected chi connectivity index (χ0v) is 20.7. The van der Waals surface area contributed by atoms with Crippen molar-refractivity contribution in [1.82, 2.24) is 14.5 Å². The standard InChI is InChI=1S/C25H26BrN3O5/c1-25(2,3)34-23(31)27-18(16-10-6-4-7-11-16)14-28-21(30)20(26)22-29(24(28)32)19(15-33-22)17-12-8-5-9-13-17/h4-13,18-19H,14-15H2,1-3H3,(H,27,31)/t18-,19?/m0/s1. The number of hydrogen-bond donors (Lipinski definition) is 1. The average Bonchev–Trinajstić information content (AvgIpc) is 3.25. The highest BCUT2D eigenvalue weighted by Gasteiger charge is 2.32. The van der Waals surface area contributed by atoms with Crippen molar-refractivity contribution in [1.29, 1.82) is 0 Å². The van der Waals surface area contributed by atoms with Gasteiger partial charge in [0.1, 0.15) is 22.7 Å². The van der Waals surface area contributed by atoms with Crippen LogP contribution in [-0.2, 0) is 11.3 Å². The molecule has 0 bridgehead atoms. The molecule has 1 unspecified atom stereocenters. The number of aromatic nitrogens is 2. The lowest BCUT2D eigenvalue weighted by molar-refractivity contribution is 0.0497. The predicted molar refractivity (Wildman–Crippen MR) is 131 cm³/mol. The highest BCUT2D eigenvalue weighted by molar-refractivity contribution is 9.10. The summed E-state index contributed by atoms with van der Waals surface area (Å²) in [6, 6.07) is 17.6. The van der Waals surface area contributed by atoms with Crippen LogP contribution in [0.3, 0.4) is 0 Å². The molecule has 2 aromatic carbocycles. The monoisotopic (exact) mass is 527 g/mol. The molecule has 1 aromatic heterocycles. The summed E-state index contributed by atoms with van der Waals surface area (Å²) in [5.74, 6) is 0.205. The molecular formula is C25H26BrN3O5. The molecule has 9 heteroatoms. The molecule has 2 atom stereocenters. The molecule has 4 rings (SSSR count). The molecule has 0 radical (unpaired) electrons. The molecule has 0 aliphatic carbocycles. The van der Waals surface area contributed by atoms with Crippen LogP contribution in [0.15, 0.2) is 74.7 Å². The van der Waals surface area contributed by atoms with Crippen LogP contribution in [0.2, 0.25) is 0 Å². The summed E-state index contributed by atoms with van der Waals surface area (Å²) in [7, 11) is 0. The summed E-state index contributed by atoms with van der Waals surface area (Å²) in [4.78, 5) is 39.3. The minimum atomic E-state index is -0.696. The number of hydrogen-bond acceptors (Lipinski definition) is 5. The minimum absolute atomic E-state index is 0.0820. The Hall–Kier alpha value is -3.33. The van der Waals surface area contributed by atoms with Crippen molar-refractivity contribution < 1.29 is 14.3 Å². The van der Waals surface area contributed by atoms with E-state index in [1.807, 2.05) is 60.7 Å². The van der Waals surface area contributed by atoms with E-state index in [-0.39, 0.29) is 29.5 Å². The van der Waals surface area contributed by atoms with Gasteiger partial charge in [-0.1, -0.05) is 60.7 Å². The van der Waals surface area contributed by atoms with E-state index in [0.29, 0.717) is 0 Å². The molecule has 0 fully saturated rings. The lowest BCUT2D eigenvalue weighted by Gasteiger charge is -2.24. The van der Waals surface area contributed by atoms with E-state index in [9.17, 15) is 14.4 Å². The number of alkyl carbamates (subject to hydrolysis) is 1. The van der Waals surface area contributed by atoms with Gasteiger partial charge in [0.05, 0.1) is 12.6 Å².